The van der Waals surface area contributed by atoms with Crippen LogP contribution in [0.2, 0.25) is 5.15 Å². The molecule has 1 atom stereocenters. The van der Waals surface area contributed by atoms with Gasteiger partial charge in [-0.2, -0.15) is 0 Å². The van der Waals surface area contributed by atoms with Crippen LogP contribution in [0.4, 0.5) is 0 Å². The molecule has 1 rings (SSSR count). The molecule has 84 valence electrons. The maximum Gasteiger partial charge on any atom is 0.288 e. The summed E-state index contributed by atoms with van der Waals surface area (Å²) in [5, 5.41) is 9.76. The summed E-state index contributed by atoms with van der Waals surface area (Å²) < 4.78 is 1.37. The summed E-state index contributed by atoms with van der Waals surface area (Å²) in [6, 6.07) is 0. The summed E-state index contributed by atoms with van der Waals surface area (Å²) in [6.07, 6.45) is 2.36. The molecule has 1 unspecified atom stereocenters. The normalized spacial score (nSPS) is 13.9. The van der Waals surface area contributed by atoms with Crippen molar-refractivity contribution in [2.75, 3.05) is 0 Å². The van der Waals surface area contributed by atoms with Gasteiger partial charge in [-0.05, 0) is 5.41 Å². The van der Waals surface area contributed by atoms with E-state index in [1.54, 1.807) is 0 Å². The minimum Gasteiger partial charge on any atom is -0.391 e. The van der Waals surface area contributed by atoms with E-state index < -0.39 is 6.10 Å². The molecule has 0 fully saturated rings. The van der Waals surface area contributed by atoms with Crippen molar-refractivity contribution in [1.29, 1.82) is 0 Å². The first-order valence-electron chi connectivity index (χ1n) is 4.71. The minimum absolute atomic E-state index is 0.0707. The highest BCUT2D eigenvalue weighted by atomic mass is 35.5. The van der Waals surface area contributed by atoms with Crippen molar-refractivity contribution in [3.63, 3.8) is 0 Å². The Hall–Kier alpha value is -0.870. The number of hydrogen-bond acceptors (Lipinski definition) is 3. The lowest BCUT2D eigenvalue weighted by atomic mass is 9.89. The van der Waals surface area contributed by atoms with E-state index in [2.05, 4.69) is 4.98 Å². The largest absolute Gasteiger partial charge is 0.391 e. The summed E-state index contributed by atoms with van der Waals surface area (Å²) in [6.45, 7) is 5.95. The van der Waals surface area contributed by atoms with E-state index in [0.29, 0.717) is 0 Å². The minimum atomic E-state index is -0.603. The Morgan fingerprint density at radius 3 is 2.73 bits per heavy atom. The van der Waals surface area contributed by atoms with Crippen LogP contribution < -0.4 is 5.56 Å². The summed E-state index contributed by atoms with van der Waals surface area (Å²) >= 11 is 5.59. The molecule has 4 nitrogen and oxygen atoms in total. The molecule has 1 aromatic rings. The molecule has 0 bridgehead atoms. The van der Waals surface area contributed by atoms with Gasteiger partial charge >= 0.3 is 0 Å². The standard InChI is InChI=1S/C10H15ClN2O2/c1-10(2,3)7(14)6-13-5-4-12-8(11)9(13)15/h4-5,7,14H,6H2,1-3H3. The molecule has 1 N–H and O–H groups in total. The molecular formula is C10H15ClN2O2. The van der Waals surface area contributed by atoms with Crippen LogP contribution in [0.5, 0.6) is 0 Å². The molecule has 0 aliphatic carbocycles. The van der Waals surface area contributed by atoms with E-state index in [9.17, 15) is 9.90 Å². The van der Waals surface area contributed by atoms with Gasteiger partial charge in [0, 0.05) is 12.4 Å². The fourth-order valence-electron chi connectivity index (χ4n) is 1.02. The lowest BCUT2D eigenvalue weighted by Crippen LogP contribution is -2.34. The first kappa shape index (κ1) is 12.2. The average Bonchev–Trinajstić information content (AvgIpc) is 2.11. The van der Waals surface area contributed by atoms with Crippen LogP contribution in [0.3, 0.4) is 0 Å². The maximum absolute atomic E-state index is 11.5. The molecule has 0 radical (unpaired) electrons. The van der Waals surface area contributed by atoms with E-state index in [4.69, 9.17) is 11.6 Å². The first-order valence-corrected chi connectivity index (χ1v) is 5.09. The fourth-order valence-corrected chi connectivity index (χ4v) is 1.19. The van der Waals surface area contributed by atoms with Crippen LogP contribution in [-0.2, 0) is 6.54 Å². The second-order valence-electron chi connectivity index (χ2n) is 4.56. The highest BCUT2D eigenvalue weighted by molar-refractivity contribution is 6.29. The van der Waals surface area contributed by atoms with Crippen LogP contribution in [0.15, 0.2) is 17.2 Å². The molecule has 0 saturated heterocycles. The molecule has 0 aromatic carbocycles. The number of hydrogen-bond donors (Lipinski definition) is 1. The number of aromatic nitrogens is 2. The van der Waals surface area contributed by atoms with Gasteiger partial charge in [0.05, 0.1) is 12.6 Å². The first-order chi connectivity index (χ1) is 6.82. The van der Waals surface area contributed by atoms with Crippen LogP contribution in [0, 0.1) is 5.41 Å². The van der Waals surface area contributed by atoms with Gasteiger partial charge in [-0.3, -0.25) is 4.79 Å². The van der Waals surface area contributed by atoms with E-state index in [-0.39, 0.29) is 22.7 Å². The lowest BCUT2D eigenvalue weighted by Gasteiger charge is -2.26. The molecule has 1 aromatic heterocycles. The summed E-state index contributed by atoms with van der Waals surface area (Å²) in [5.41, 5.74) is -0.641. The van der Waals surface area contributed by atoms with Crippen LogP contribution in [-0.4, -0.2) is 20.8 Å². The van der Waals surface area contributed by atoms with E-state index in [0.717, 1.165) is 0 Å². The molecule has 15 heavy (non-hydrogen) atoms. The Kier molecular flexibility index (Phi) is 3.52. The van der Waals surface area contributed by atoms with Crippen LogP contribution in [0.1, 0.15) is 20.8 Å². The summed E-state index contributed by atoms with van der Waals surface area (Å²) in [7, 11) is 0. The van der Waals surface area contributed by atoms with Gasteiger partial charge in [0.2, 0.25) is 0 Å². The quantitative estimate of drug-likeness (QED) is 0.834. The van der Waals surface area contributed by atoms with Crippen molar-refractivity contribution >= 4 is 11.6 Å². The van der Waals surface area contributed by atoms with Crippen molar-refractivity contribution in [3.05, 3.63) is 27.9 Å². The smallest absolute Gasteiger partial charge is 0.288 e. The summed E-state index contributed by atoms with van der Waals surface area (Å²) in [5.74, 6) is 0. The summed E-state index contributed by atoms with van der Waals surface area (Å²) in [4.78, 5) is 15.1. The van der Waals surface area contributed by atoms with Crippen molar-refractivity contribution < 1.29 is 5.11 Å². The molecular weight excluding hydrogens is 216 g/mol. The molecule has 0 saturated carbocycles. The van der Waals surface area contributed by atoms with E-state index in [1.165, 1.54) is 17.0 Å². The Morgan fingerprint density at radius 1 is 1.60 bits per heavy atom. The van der Waals surface area contributed by atoms with Gasteiger partial charge in [0.1, 0.15) is 0 Å². The van der Waals surface area contributed by atoms with Gasteiger partial charge in [0.25, 0.3) is 5.56 Å². The number of halogens is 1. The topological polar surface area (TPSA) is 55.1 Å². The maximum atomic E-state index is 11.5. The Bertz CT molecular complexity index is 395. The molecule has 0 aliphatic rings. The molecule has 1 heterocycles. The van der Waals surface area contributed by atoms with Gasteiger partial charge in [-0.1, -0.05) is 32.4 Å². The molecule has 0 spiro atoms. The van der Waals surface area contributed by atoms with Gasteiger partial charge in [0.15, 0.2) is 5.15 Å². The third-order valence-corrected chi connectivity index (χ3v) is 2.50. The predicted octanol–water partition coefficient (Wildman–Crippen LogP) is 1.30. The zero-order valence-corrected chi connectivity index (χ0v) is 9.82. The van der Waals surface area contributed by atoms with Crippen LogP contribution in [0.25, 0.3) is 0 Å². The monoisotopic (exact) mass is 230 g/mol. The van der Waals surface area contributed by atoms with Crippen molar-refractivity contribution in [2.24, 2.45) is 5.41 Å². The predicted molar refractivity (Wildman–Crippen MR) is 59.0 cm³/mol. The zero-order valence-electron chi connectivity index (χ0n) is 9.07. The van der Waals surface area contributed by atoms with E-state index in [1.807, 2.05) is 20.8 Å². The molecule has 0 aliphatic heterocycles. The van der Waals surface area contributed by atoms with Crippen molar-refractivity contribution in [3.8, 4) is 0 Å². The van der Waals surface area contributed by atoms with Crippen molar-refractivity contribution in [2.45, 2.75) is 33.4 Å². The lowest BCUT2D eigenvalue weighted by molar-refractivity contribution is 0.0472. The number of aliphatic hydroxyl groups excluding tert-OH is 1. The number of aliphatic hydroxyl groups is 1. The van der Waals surface area contributed by atoms with Crippen LogP contribution >= 0.6 is 11.6 Å². The third-order valence-electron chi connectivity index (χ3n) is 2.24. The van der Waals surface area contributed by atoms with Gasteiger partial charge < -0.3 is 9.67 Å². The Morgan fingerprint density at radius 2 is 2.20 bits per heavy atom. The van der Waals surface area contributed by atoms with Gasteiger partial charge in [-0.25, -0.2) is 4.98 Å². The zero-order chi connectivity index (χ0) is 11.6. The fraction of sp³-hybridized carbons (Fsp3) is 0.600. The average molecular weight is 231 g/mol. The second-order valence-corrected chi connectivity index (χ2v) is 4.92. The molecule has 5 heteroatoms. The van der Waals surface area contributed by atoms with Crippen molar-refractivity contribution in [1.82, 2.24) is 9.55 Å². The Balaban J connectivity index is 2.91. The number of rotatable bonds is 2. The Labute approximate surface area is 93.5 Å². The molecule has 0 amide bonds. The number of nitrogens with zero attached hydrogens (tertiary/aromatic N) is 2. The van der Waals surface area contributed by atoms with E-state index >= 15 is 0 Å². The van der Waals surface area contributed by atoms with Gasteiger partial charge in [-0.15, -0.1) is 0 Å². The third kappa shape index (κ3) is 3.04. The highest BCUT2D eigenvalue weighted by Crippen LogP contribution is 2.19. The highest BCUT2D eigenvalue weighted by Gasteiger charge is 2.22. The SMILES string of the molecule is CC(C)(C)C(O)Cn1ccnc(Cl)c1=O. The second kappa shape index (κ2) is 4.33.